The fraction of sp³-hybridized carbons (Fsp3) is 0.533. The first kappa shape index (κ1) is 16.6. The van der Waals surface area contributed by atoms with Crippen molar-refractivity contribution in [3.8, 4) is 0 Å². The molecule has 1 atom stereocenters. The Bertz CT molecular complexity index is 502. The van der Waals surface area contributed by atoms with Crippen molar-refractivity contribution in [2.75, 3.05) is 19.7 Å². The van der Waals surface area contributed by atoms with E-state index in [1.165, 1.54) is 0 Å². The molecule has 0 saturated carbocycles. The van der Waals surface area contributed by atoms with Crippen LogP contribution in [-0.2, 0) is 9.53 Å². The maximum Gasteiger partial charge on any atom is 0.329 e. The number of benzene rings is 1. The number of nitrogens with zero attached hydrogens (tertiary/aromatic N) is 1. The van der Waals surface area contributed by atoms with Crippen molar-refractivity contribution in [1.29, 1.82) is 0 Å². The molecule has 1 heterocycles. The van der Waals surface area contributed by atoms with Gasteiger partial charge in [0.05, 0.1) is 6.10 Å². The van der Waals surface area contributed by atoms with E-state index in [-0.39, 0.29) is 18.8 Å². The number of hydrogen-bond acceptors (Lipinski definition) is 3. The summed E-state index contributed by atoms with van der Waals surface area (Å²) in [7, 11) is 0. The molecule has 0 spiro atoms. The summed E-state index contributed by atoms with van der Waals surface area (Å²) < 4.78 is 5.35. The second kappa shape index (κ2) is 7.45. The zero-order valence-corrected chi connectivity index (χ0v) is 13.4. The van der Waals surface area contributed by atoms with Crippen molar-refractivity contribution in [2.24, 2.45) is 0 Å². The fourth-order valence-corrected chi connectivity index (χ4v) is 3.22. The van der Waals surface area contributed by atoms with Gasteiger partial charge in [-0.25, -0.2) is 4.79 Å². The maximum absolute atomic E-state index is 10.5. The van der Waals surface area contributed by atoms with Gasteiger partial charge in [-0.3, -0.25) is 4.90 Å². The van der Waals surface area contributed by atoms with Crippen molar-refractivity contribution < 1.29 is 14.6 Å². The monoisotopic (exact) mass is 331 g/mol. The molecule has 1 aromatic rings. The van der Waals surface area contributed by atoms with Crippen LogP contribution in [0.25, 0.3) is 0 Å². The third-order valence-corrected chi connectivity index (χ3v) is 4.44. The topological polar surface area (TPSA) is 49.8 Å². The summed E-state index contributed by atoms with van der Waals surface area (Å²) in [6.07, 6.45) is 1.70. The molecular weight excluding hydrogens is 313 g/mol. The molecule has 0 amide bonds. The number of halogens is 2. The smallest absolute Gasteiger partial charge is 0.329 e. The quantitative estimate of drug-likeness (QED) is 0.895. The SMILES string of the molecule is CC(c1ccc(Cl)cc1Cl)N1CCC(OCC(=O)O)CC1. The largest absolute Gasteiger partial charge is 0.480 e. The van der Waals surface area contributed by atoms with E-state index in [9.17, 15) is 4.79 Å². The van der Waals surface area contributed by atoms with Gasteiger partial charge in [0.1, 0.15) is 6.61 Å². The average molecular weight is 332 g/mol. The third kappa shape index (κ3) is 4.58. The number of ether oxygens (including phenoxy) is 1. The van der Waals surface area contributed by atoms with Crippen LogP contribution in [0.1, 0.15) is 31.4 Å². The lowest BCUT2D eigenvalue weighted by atomic mass is 10.0. The average Bonchev–Trinajstić information content (AvgIpc) is 2.45. The van der Waals surface area contributed by atoms with Crippen LogP contribution in [-0.4, -0.2) is 41.8 Å². The molecular formula is C15H19Cl2NO3. The summed E-state index contributed by atoms with van der Waals surface area (Å²) >= 11 is 12.2. The number of likely N-dealkylation sites (tertiary alicyclic amines) is 1. The predicted octanol–water partition coefficient (Wildman–Crippen LogP) is 3.62. The highest BCUT2D eigenvalue weighted by molar-refractivity contribution is 6.35. The van der Waals surface area contributed by atoms with E-state index in [0.717, 1.165) is 31.5 Å². The summed E-state index contributed by atoms with van der Waals surface area (Å²) in [5, 5.41) is 9.94. The van der Waals surface area contributed by atoms with Crippen molar-refractivity contribution in [2.45, 2.75) is 31.9 Å². The molecule has 1 aliphatic rings. The molecule has 0 bridgehead atoms. The summed E-state index contributed by atoms with van der Waals surface area (Å²) in [6, 6.07) is 5.78. The van der Waals surface area contributed by atoms with E-state index < -0.39 is 5.97 Å². The molecule has 1 unspecified atom stereocenters. The van der Waals surface area contributed by atoms with Gasteiger partial charge in [0.25, 0.3) is 0 Å². The lowest BCUT2D eigenvalue weighted by molar-refractivity contribution is -0.145. The minimum absolute atomic E-state index is 0.0326. The molecule has 0 aliphatic carbocycles. The Morgan fingerprint density at radius 1 is 1.43 bits per heavy atom. The van der Waals surface area contributed by atoms with E-state index in [2.05, 4.69) is 11.8 Å². The van der Waals surface area contributed by atoms with Crippen LogP contribution in [0, 0.1) is 0 Å². The van der Waals surface area contributed by atoms with Gasteiger partial charge in [-0.1, -0.05) is 29.3 Å². The van der Waals surface area contributed by atoms with Gasteiger partial charge in [-0.2, -0.15) is 0 Å². The number of carbonyl (C=O) groups is 1. The lowest BCUT2D eigenvalue weighted by Gasteiger charge is -2.36. The lowest BCUT2D eigenvalue weighted by Crippen LogP contribution is -2.39. The van der Waals surface area contributed by atoms with E-state index in [4.69, 9.17) is 33.0 Å². The molecule has 0 aromatic heterocycles. The fourth-order valence-electron chi connectivity index (χ4n) is 2.66. The van der Waals surface area contributed by atoms with Gasteiger partial charge in [-0.05, 0) is 37.5 Å². The minimum atomic E-state index is -0.918. The highest BCUT2D eigenvalue weighted by Gasteiger charge is 2.25. The van der Waals surface area contributed by atoms with Crippen molar-refractivity contribution in [3.63, 3.8) is 0 Å². The van der Waals surface area contributed by atoms with Gasteiger partial charge < -0.3 is 9.84 Å². The predicted molar refractivity (Wildman–Crippen MR) is 83.1 cm³/mol. The third-order valence-electron chi connectivity index (χ3n) is 3.88. The Kier molecular flexibility index (Phi) is 5.88. The van der Waals surface area contributed by atoms with Crippen LogP contribution in [0.4, 0.5) is 0 Å². The number of aliphatic carboxylic acids is 1. The van der Waals surface area contributed by atoms with Crippen LogP contribution in [0.3, 0.4) is 0 Å². The van der Waals surface area contributed by atoms with E-state index >= 15 is 0 Å². The maximum atomic E-state index is 10.5. The number of hydrogen-bond donors (Lipinski definition) is 1. The van der Waals surface area contributed by atoms with E-state index in [1.807, 2.05) is 12.1 Å². The highest BCUT2D eigenvalue weighted by Crippen LogP contribution is 2.31. The molecule has 1 aromatic carbocycles. The molecule has 21 heavy (non-hydrogen) atoms. The summed E-state index contributed by atoms with van der Waals surface area (Å²) in [6.45, 7) is 3.63. The van der Waals surface area contributed by atoms with E-state index in [0.29, 0.717) is 10.0 Å². The standard InChI is InChI=1S/C15H19Cl2NO3/c1-10(13-3-2-11(16)8-14(13)17)18-6-4-12(5-7-18)21-9-15(19)20/h2-3,8,10,12H,4-7,9H2,1H3,(H,19,20). The first-order valence-electron chi connectivity index (χ1n) is 6.99. The molecule has 1 fully saturated rings. The Morgan fingerprint density at radius 3 is 2.67 bits per heavy atom. The van der Waals surface area contributed by atoms with Gasteiger partial charge in [0.15, 0.2) is 0 Å². The molecule has 0 radical (unpaired) electrons. The Labute approximate surface area is 134 Å². The minimum Gasteiger partial charge on any atom is -0.480 e. The molecule has 1 N–H and O–H groups in total. The molecule has 1 saturated heterocycles. The van der Waals surface area contributed by atoms with Gasteiger partial charge in [0, 0.05) is 29.2 Å². The van der Waals surface area contributed by atoms with Crippen LogP contribution in [0.5, 0.6) is 0 Å². The van der Waals surface area contributed by atoms with Crippen molar-refractivity contribution in [3.05, 3.63) is 33.8 Å². The van der Waals surface area contributed by atoms with Crippen LogP contribution in [0.2, 0.25) is 10.0 Å². The molecule has 2 rings (SSSR count). The zero-order chi connectivity index (χ0) is 15.4. The van der Waals surface area contributed by atoms with Gasteiger partial charge >= 0.3 is 5.97 Å². The van der Waals surface area contributed by atoms with Crippen molar-refractivity contribution in [1.82, 2.24) is 4.90 Å². The Balaban J connectivity index is 1.90. The summed E-state index contributed by atoms with van der Waals surface area (Å²) in [5.41, 5.74) is 1.06. The van der Waals surface area contributed by atoms with E-state index in [1.54, 1.807) is 6.07 Å². The Hall–Kier alpha value is -0.810. The normalized spacial score (nSPS) is 18.6. The molecule has 4 nitrogen and oxygen atoms in total. The highest BCUT2D eigenvalue weighted by atomic mass is 35.5. The molecule has 6 heteroatoms. The second-order valence-corrected chi connectivity index (χ2v) is 6.13. The van der Waals surface area contributed by atoms with Crippen LogP contribution >= 0.6 is 23.2 Å². The number of carboxylic acids is 1. The summed E-state index contributed by atoms with van der Waals surface area (Å²) in [5.74, 6) is -0.918. The second-order valence-electron chi connectivity index (χ2n) is 5.28. The van der Waals surface area contributed by atoms with Crippen LogP contribution < -0.4 is 0 Å². The Morgan fingerprint density at radius 2 is 2.10 bits per heavy atom. The number of piperidine rings is 1. The first-order chi connectivity index (χ1) is 9.97. The molecule has 116 valence electrons. The first-order valence-corrected chi connectivity index (χ1v) is 7.75. The van der Waals surface area contributed by atoms with Crippen molar-refractivity contribution >= 4 is 29.2 Å². The van der Waals surface area contributed by atoms with Crippen LogP contribution in [0.15, 0.2) is 18.2 Å². The summed E-state index contributed by atoms with van der Waals surface area (Å²) in [4.78, 5) is 12.8. The molecule has 1 aliphatic heterocycles. The number of carboxylic acid groups (broad SMARTS) is 1. The number of rotatable bonds is 5. The van der Waals surface area contributed by atoms with Gasteiger partial charge in [-0.15, -0.1) is 0 Å². The zero-order valence-electron chi connectivity index (χ0n) is 11.9. The van der Waals surface area contributed by atoms with Gasteiger partial charge in [0.2, 0.25) is 0 Å².